The topological polar surface area (TPSA) is 56.4 Å². The summed E-state index contributed by atoms with van der Waals surface area (Å²) in [5.74, 6) is -1.34. The van der Waals surface area contributed by atoms with Crippen molar-refractivity contribution >= 4 is 40.4 Å². The fraction of sp³-hybridized carbons (Fsp3) is 0.226. The van der Waals surface area contributed by atoms with Crippen LogP contribution in [0.5, 0.6) is 0 Å². The first kappa shape index (κ1) is 30.2. The van der Waals surface area contributed by atoms with Gasteiger partial charge in [0.25, 0.3) is 5.91 Å². The van der Waals surface area contributed by atoms with Crippen molar-refractivity contribution in [3.8, 4) is 0 Å². The second kappa shape index (κ2) is 11.8. The Labute approximate surface area is 247 Å². The number of hydrogen-bond acceptors (Lipinski definition) is 2. The average Bonchev–Trinajstić information content (AvgIpc) is 3.38. The number of aromatic nitrogens is 1. The van der Waals surface area contributed by atoms with Crippen molar-refractivity contribution in [2.75, 3.05) is 19.6 Å². The molecule has 5 rings (SSSR count). The lowest BCUT2D eigenvalue weighted by atomic mass is 9.98. The summed E-state index contributed by atoms with van der Waals surface area (Å²) in [4.78, 5) is 32.6. The highest BCUT2D eigenvalue weighted by molar-refractivity contribution is 6.30. The predicted octanol–water partition coefficient (Wildman–Crippen LogP) is 7.47. The molecule has 1 atom stereocenters. The minimum atomic E-state index is -5.10. The van der Waals surface area contributed by atoms with E-state index in [0.717, 1.165) is 22.0 Å². The third-order valence-electron chi connectivity index (χ3n) is 7.31. The van der Waals surface area contributed by atoms with Crippen molar-refractivity contribution in [2.24, 2.45) is 0 Å². The maximum atomic E-state index is 13.6. The lowest BCUT2D eigenvalue weighted by Gasteiger charge is -2.41. The zero-order chi connectivity index (χ0) is 30.9. The van der Waals surface area contributed by atoms with Gasteiger partial charge in [-0.05, 0) is 60.0 Å². The van der Waals surface area contributed by atoms with E-state index in [1.165, 1.54) is 15.9 Å². The molecule has 1 saturated heterocycles. The highest BCUT2D eigenvalue weighted by Gasteiger charge is 2.39. The first-order valence-electron chi connectivity index (χ1n) is 13.2. The van der Waals surface area contributed by atoms with Crippen LogP contribution in [0.1, 0.15) is 32.6 Å². The largest absolute Gasteiger partial charge is 0.416 e. The van der Waals surface area contributed by atoms with E-state index in [2.05, 4.69) is 4.98 Å². The van der Waals surface area contributed by atoms with E-state index < -0.39 is 41.0 Å². The second-order valence-electron chi connectivity index (χ2n) is 10.2. The molecule has 1 aromatic heterocycles. The summed E-state index contributed by atoms with van der Waals surface area (Å²) in [6, 6.07) is 14.3. The summed E-state index contributed by atoms with van der Waals surface area (Å²) in [5, 5.41) is 1.38. The summed E-state index contributed by atoms with van der Waals surface area (Å²) in [6.45, 7) is -0.0465. The molecule has 0 bridgehead atoms. The molecule has 43 heavy (non-hydrogen) atoms. The van der Waals surface area contributed by atoms with Crippen LogP contribution in [0.3, 0.4) is 0 Å². The van der Waals surface area contributed by atoms with Gasteiger partial charge < -0.3 is 14.8 Å². The number of carbonyl (C=O) groups is 2. The fourth-order valence-electron chi connectivity index (χ4n) is 5.14. The molecule has 4 aromatic rings. The number of amides is 2. The number of para-hydroxylation sites is 1. The predicted molar refractivity (Wildman–Crippen MR) is 150 cm³/mol. The number of hydrogen-bond donors (Lipinski definition) is 1. The maximum absolute atomic E-state index is 13.6. The molecule has 224 valence electrons. The van der Waals surface area contributed by atoms with E-state index in [-0.39, 0.29) is 38.0 Å². The third-order valence-corrected chi connectivity index (χ3v) is 7.56. The Morgan fingerprint density at radius 2 is 1.56 bits per heavy atom. The SMILES string of the molecule is O=C(C=Cc1ccc(Cl)cc1)N1CCN(C(=O)c2cc(C(F)(F)F)cc(C(F)(F)F)c2)[C@H](Cc2c[nH]c3ccccc23)C1. The van der Waals surface area contributed by atoms with Crippen LogP contribution in [0.15, 0.2) is 79.0 Å². The average molecular weight is 620 g/mol. The maximum Gasteiger partial charge on any atom is 0.416 e. The number of aromatic amines is 1. The van der Waals surface area contributed by atoms with Crippen LogP contribution < -0.4 is 0 Å². The molecule has 0 unspecified atom stereocenters. The van der Waals surface area contributed by atoms with Gasteiger partial charge in [-0.15, -0.1) is 0 Å². The van der Waals surface area contributed by atoms with E-state index in [9.17, 15) is 35.9 Å². The molecule has 0 aliphatic carbocycles. The Balaban J connectivity index is 1.46. The van der Waals surface area contributed by atoms with Crippen LogP contribution >= 0.6 is 11.6 Å². The summed E-state index contributed by atoms with van der Waals surface area (Å²) in [6.07, 6.45) is -5.29. The Hall–Kier alpha value is -4.25. The second-order valence-corrected chi connectivity index (χ2v) is 10.6. The van der Waals surface area contributed by atoms with Crippen molar-refractivity contribution < 1.29 is 35.9 Å². The van der Waals surface area contributed by atoms with Crippen molar-refractivity contribution in [1.82, 2.24) is 14.8 Å². The van der Waals surface area contributed by atoms with E-state index >= 15 is 0 Å². The number of carbonyl (C=O) groups excluding carboxylic acids is 2. The lowest BCUT2D eigenvalue weighted by Crippen LogP contribution is -2.57. The monoisotopic (exact) mass is 619 g/mol. The number of fused-ring (bicyclic) bond motifs is 1. The Bertz CT molecular complexity index is 1650. The number of nitrogens with zero attached hydrogens (tertiary/aromatic N) is 2. The first-order chi connectivity index (χ1) is 20.3. The number of nitrogens with one attached hydrogen (secondary N) is 1. The molecule has 2 amide bonds. The van der Waals surface area contributed by atoms with E-state index in [1.807, 2.05) is 24.3 Å². The van der Waals surface area contributed by atoms with Crippen LogP contribution in [-0.2, 0) is 23.6 Å². The molecule has 0 radical (unpaired) electrons. The molecule has 1 aliphatic rings. The Morgan fingerprint density at radius 1 is 0.907 bits per heavy atom. The zero-order valence-electron chi connectivity index (χ0n) is 22.3. The summed E-state index contributed by atoms with van der Waals surface area (Å²) in [5.41, 5.74) is -1.54. The number of rotatable bonds is 5. The molecule has 5 nitrogen and oxygen atoms in total. The molecule has 0 spiro atoms. The zero-order valence-corrected chi connectivity index (χ0v) is 23.1. The van der Waals surface area contributed by atoms with Gasteiger partial charge in [0, 0.05) is 53.4 Å². The lowest BCUT2D eigenvalue weighted by molar-refractivity contribution is -0.143. The Kier molecular flexibility index (Phi) is 8.29. The molecule has 12 heteroatoms. The van der Waals surface area contributed by atoms with Gasteiger partial charge in [-0.25, -0.2) is 0 Å². The van der Waals surface area contributed by atoms with Crippen molar-refractivity contribution in [2.45, 2.75) is 24.8 Å². The summed E-state index contributed by atoms with van der Waals surface area (Å²) >= 11 is 5.91. The molecule has 3 aromatic carbocycles. The number of H-pyrrole nitrogens is 1. The van der Waals surface area contributed by atoms with Gasteiger partial charge in [0.2, 0.25) is 5.91 Å². The van der Waals surface area contributed by atoms with Crippen LogP contribution in [0.4, 0.5) is 26.3 Å². The van der Waals surface area contributed by atoms with Gasteiger partial charge in [0.1, 0.15) is 0 Å². The normalized spacial score (nSPS) is 16.3. The highest BCUT2D eigenvalue weighted by Crippen LogP contribution is 2.37. The van der Waals surface area contributed by atoms with Gasteiger partial charge in [0.05, 0.1) is 17.2 Å². The number of piperazine rings is 1. The summed E-state index contributed by atoms with van der Waals surface area (Å²) in [7, 11) is 0. The molecular formula is C31H24ClF6N3O2. The molecular weight excluding hydrogens is 596 g/mol. The molecule has 1 N–H and O–H groups in total. The number of halogens is 7. The standard InChI is InChI=1S/C31H24ClF6N3O2/c32-24-8-5-19(6-9-24)7-10-28(42)40-11-12-41(25(18-40)15-21-17-39-27-4-2-1-3-26(21)27)29(43)20-13-22(30(33,34)35)16-23(14-20)31(36,37)38/h1-10,13-14,16-17,25,39H,11-12,15,18H2/t25-/m1/s1. The molecule has 1 aliphatic heterocycles. The van der Waals surface area contributed by atoms with Crippen LogP contribution in [0, 0.1) is 0 Å². The number of benzene rings is 3. The van der Waals surface area contributed by atoms with Gasteiger partial charge in [-0.2, -0.15) is 26.3 Å². The van der Waals surface area contributed by atoms with Crippen molar-refractivity contribution in [3.63, 3.8) is 0 Å². The Morgan fingerprint density at radius 3 is 2.21 bits per heavy atom. The number of alkyl halides is 6. The summed E-state index contributed by atoms with van der Waals surface area (Å²) < 4.78 is 81.1. The van der Waals surface area contributed by atoms with Gasteiger partial charge in [-0.1, -0.05) is 41.9 Å². The smallest absolute Gasteiger partial charge is 0.361 e. The van der Waals surface area contributed by atoms with Crippen molar-refractivity contribution in [1.29, 1.82) is 0 Å². The first-order valence-corrected chi connectivity index (χ1v) is 13.6. The molecule has 0 saturated carbocycles. The van der Waals surface area contributed by atoms with Gasteiger partial charge >= 0.3 is 12.4 Å². The van der Waals surface area contributed by atoms with Crippen LogP contribution in [0.25, 0.3) is 17.0 Å². The van der Waals surface area contributed by atoms with Crippen LogP contribution in [0.2, 0.25) is 5.02 Å². The van der Waals surface area contributed by atoms with Crippen molar-refractivity contribution in [3.05, 3.63) is 112 Å². The quantitative estimate of drug-likeness (QED) is 0.186. The van der Waals surface area contributed by atoms with E-state index in [0.29, 0.717) is 17.2 Å². The fourth-order valence-corrected chi connectivity index (χ4v) is 5.27. The van der Waals surface area contributed by atoms with E-state index in [1.54, 1.807) is 36.5 Å². The van der Waals surface area contributed by atoms with Gasteiger partial charge in [-0.3, -0.25) is 9.59 Å². The van der Waals surface area contributed by atoms with Gasteiger partial charge in [0.15, 0.2) is 0 Å². The minimum Gasteiger partial charge on any atom is -0.361 e. The third kappa shape index (κ3) is 6.88. The highest BCUT2D eigenvalue weighted by atomic mass is 35.5. The van der Waals surface area contributed by atoms with Crippen LogP contribution in [-0.4, -0.2) is 52.3 Å². The minimum absolute atomic E-state index is 0.0101. The molecule has 2 heterocycles. The molecule has 1 fully saturated rings. The van der Waals surface area contributed by atoms with E-state index in [4.69, 9.17) is 11.6 Å².